The summed E-state index contributed by atoms with van der Waals surface area (Å²) in [7, 11) is -3.09. The molecule has 1 aromatic heterocycles. The van der Waals surface area contributed by atoms with E-state index in [1.165, 1.54) is 0 Å². The third kappa shape index (κ3) is 2.29. The molecule has 0 bridgehead atoms. The molecule has 5 heteroatoms. The van der Waals surface area contributed by atoms with E-state index >= 15 is 0 Å². The molecule has 0 aliphatic heterocycles. The van der Waals surface area contributed by atoms with Gasteiger partial charge in [0.2, 0.25) is 0 Å². The molecule has 1 heterocycles. The number of fused-ring (bicyclic) bond motifs is 1. The maximum Gasteiger partial charge on any atom is 0.156 e. The lowest BCUT2D eigenvalue weighted by atomic mass is 10.2. The molecule has 0 radical (unpaired) electrons. The standard InChI is InChI=1S/C12H16N2O2S/c1-8(2)17(15,16)7-9-6-14-12-4-3-10(13)5-11(9)12/h3-6,8,14H,7,13H2,1-2H3. The van der Waals surface area contributed by atoms with Crippen LogP contribution >= 0.6 is 0 Å². The quantitative estimate of drug-likeness (QED) is 0.821. The van der Waals surface area contributed by atoms with E-state index in [4.69, 9.17) is 5.73 Å². The van der Waals surface area contributed by atoms with Gasteiger partial charge < -0.3 is 10.7 Å². The lowest BCUT2D eigenvalue weighted by molar-refractivity contribution is 0.586. The molecular weight excluding hydrogens is 236 g/mol. The van der Waals surface area contributed by atoms with Crippen molar-refractivity contribution in [2.45, 2.75) is 24.9 Å². The second kappa shape index (κ2) is 4.07. The Balaban J connectivity index is 2.47. The highest BCUT2D eigenvalue weighted by Crippen LogP contribution is 2.23. The van der Waals surface area contributed by atoms with E-state index in [9.17, 15) is 8.42 Å². The lowest BCUT2D eigenvalue weighted by Gasteiger charge is -2.06. The van der Waals surface area contributed by atoms with Crippen LogP contribution in [0.1, 0.15) is 19.4 Å². The van der Waals surface area contributed by atoms with Crippen molar-refractivity contribution in [3.8, 4) is 0 Å². The van der Waals surface area contributed by atoms with Gasteiger partial charge in [0, 0.05) is 22.8 Å². The first-order valence-electron chi connectivity index (χ1n) is 5.47. The molecule has 0 saturated heterocycles. The zero-order chi connectivity index (χ0) is 12.6. The average Bonchev–Trinajstić information content (AvgIpc) is 2.60. The molecule has 0 unspecified atom stereocenters. The van der Waals surface area contributed by atoms with Gasteiger partial charge in [-0.15, -0.1) is 0 Å². The Hall–Kier alpha value is -1.49. The van der Waals surface area contributed by atoms with Crippen LogP contribution in [0.15, 0.2) is 24.4 Å². The van der Waals surface area contributed by atoms with Crippen LogP contribution in [0, 0.1) is 0 Å². The second-order valence-electron chi connectivity index (χ2n) is 4.47. The van der Waals surface area contributed by atoms with Gasteiger partial charge in [-0.2, -0.15) is 0 Å². The maximum absolute atomic E-state index is 11.9. The molecule has 2 rings (SSSR count). The van der Waals surface area contributed by atoms with Gasteiger partial charge in [-0.3, -0.25) is 0 Å². The molecule has 0 aliphatic rings. The van der Waals surface area contributed by atoms with E-state index in [1.807, 2.05) is 6.07 Å². The maximum atomic E-state index is 11.9. The van der Waals surface area contributed by atoms with Crippen LogP contribution < -0.4 is 5.73 Å². The molecule has 0 atom stereocenters. The Morgan fingerprint density at radius 2 is 2.06 bits per heavy atom. The van der Waals surface area contributed by atoms with E-state index in [2.05, 4.69) is 4.98 Å². The fraction of sp³-hybridized carbons (Fsp3) is 0.333. The van der Waals surface area contributed by atoms with Crippen molar-refractivity contribution >= 4 is 26.4 Å². The molecular formula is C12H16N2O2S. The number of aromatic amines is 1. The van der Waals surface area contributed by atoms with Gasteiger partial charge in [0.05, 0.1) is 11.0 Å². The summed E-state index contributed by atoms with van der Waals surface area (Å²) >= 11 is 0. The van der Waals surface area contributed by atoms with Gasteiger partial charge in [0.15, 0.2) is 9.84 Å². The summed E-state index contributed by atoms with van der Waals surface area (Å²) in [6.07, 6.45) is 1.74. The Kier molecular flexibility index (Phi) is 2.87. The molecule has 0 fully saturated rings. The summed E-state index contributed by atoms with van der Waals surface area (Å²) in [6, 6.07) is 5.45. The van der Waals surface area contributed by atoms with Crippen molar-refractivity contribution in [1.29, 1.82) is 0 Å². The summed E-state index contributed by atoms with van der Waals surface area (Å²) in [6.45, 7) is 3.39. The largest absolute Gasteiger partial charge is 0.399 e. The fourth-order valence-corrected chi connectivity index (χ4v) is 2.70. The molecule has 1 aromatic carbocycles. The van der Waals surface area contributed by atoms with E-state index in [0.29, 0.717) is 5.69 Å². The second-order valence-corrected chi connectivity index (χ2v) is 7.03. The molecule has 0 saturated carbocycles. The SMILES string of the molecule is CC(C)S(=O)(=O)Cc1c[nH]c2ccc(N)cc12. The first-order valence-corrected chi connectivity index (χ1v) is 7.19. The van der Waals surface area contributed by atoms with Crippen LogP contribution in [0.25, 0.3) is 10.9 Å². The number of sulfone groups is 1. The average molecular weight is 252 g/mol. The van der Waals surface area contributed by atoms with Crippen molar-refractivity contribution in [1.82, 2.24) is 4.98 Å². The Morgan fingerprint density at radius 3 is 2.71 bits per heavy atom. The summed E-state index contributed by atoms with van der Waals surface area (Å²) in [4.78, 5) is 3.06. The van der Waals surface area contributed by atoms with Crippen molar-refractivity contribution in [2.75, 3.05) is 5.73 Å². The van der Waals surface area contributed by atoms with Gasteiger partial charge in [0.1, 0.15) is 0 Å². The summed E-state index contributed by atoms with van der Waals surface area (Å²) < 4.78 is 23.8. The predicted octanol–water partition coefficient (Wildman–Crippen LogP) is 2.07. The van der Waals surface area contributed by atoms with E-state index in [-0.39, 0.29) is 11.0 Å². The van der Waals surface area contributed by atoms with Crippen LogP contribution in [-0.2, 0) is 15.6 Å². The Labute approximate surface area is 101 Å². The zero-order valence-corrected chi connectivity index (χ0v) is 10.7. The van der Waals surface area contributed by atoms with Crippen molar-refractivity contribution in [3.05, 3.63) is 30.0 Å². The Morgan fingerprint density at radius 1 is 1.35 bits per heavy atom. The van der Waals surface area contributed by atoms with E-state index in [0.717, 1.165) is 16.5 Å². The monoisotopic (exact) mass is 252 g/mol. The number of benzene rings is 1. The van der Waals surface area contributed by atoms with Gasteiger partial charge in [-0.05, 0) is 37.6 Å². The number of nitrogens with two attached hydrogens (primary N) is 1. The predicted molar refractivity (Wildman–Crippen MR) is 70.5 cm³/mol. The summed E-state index contributed by atoms with van der Waals surface area (Å²) in [5.41, 5.74) is 8.04. The van der Waals surface area contributed by atoms with Gasteiger partial charge in [-0.1, -0.05) is 0 Å². The summed E-state index contributed by atoms with van der Waals surface area (Å²) in [5, 5.41) is 0.516. The molecule has 3 N–H and O–H groups in total. The normalized spacial score (nSPS) is 12.4. The number of anilines is 1. The molecule has 4 nitrogen and oxygen atoms in total. The van der Waals surface area contributed by atoms with Crippen molar-refractivity contribution < 1.29 is 8.42 Å². The lowest BCUT2D eigenvalue weighted by Crippen LogP contribution is -2.15. The Bertz CT molecular complexity index is 642. The van der Waals surface area contributed by atoms with Crippen LogP contribution in [0.5, 0.6) is 0 Å². The van der Waals surface area contributed by atoms with Crippen LogP contribution in [0.4, 0.5) is 5.69 Å². The molecule has 0 aliphatic carbocycles. The fourth-order valence-electron chi connectivity index (χ4n) is 1.70. The first kappa shape index (κ1) is 12.0. The molecule has 0 spiro atoms. The third-order valence-corrected chi connectivity index (χ3v) is 5.02. The number of nitrogens with one attached hydrogen (secondary N) is 1. The van der Waals surface area contributed by atoms with Gasteiger partial charge >= 0.3 is 0 Å². The highest BCUT2D eigenvalue weighted by molar-refractivity contribution is 7.91. The van der Waals surface area contributed by atoms with Crippen molar-refractivity contribution in [2.24, 2.45) is 0 Å². The zero-order valence-electron chi connectivity index (χ0n) is 9.90. The van der Waals surface area contributed by atoms with E-state index < -0.39 is 9.84 Å². The van der Waals surface area contributed by atoms with Crippen LogP contribution in [0.2, 0.25) is 0 Å². The van der Waals surface area contributed by atoms with E-state index in [1.54, 1.807) is 32.2 Å². The van der Waals surface area contributed by atoms with Crippen LogP contribution in [0.3, 0.4) is 0 Å². The number of aromatic nitrogens is 1. The molecule has 92 valence electrons. The third-order valence-electron chi connectivity index (χ3n) is 2.87. The highest BCUT2D eigenvalue weighted by atomic mass is 32.2. The number of H-pyrrole nitrogens is 1. The molecule has 17 heavy (non-hydrogen) atoms. The molecule has 2 aromatic rings. The number of rotatable bonds is 3. The highest BCUT2D eigenvalue weighted by Gasteiger charge is 2.18. The smallest absolute Gasteiger partial charge is 0.156 e. The topological polar surface area (TPSA) is 76.0 Å². The number of hydrogen-bond donors (Lipinski definition) is 2. The molecule has 0 amide bonds. The minimum atomic E-state index is -3.09. The first-order chi connectivity index (χ1) is 7.90. The van der Waals surface area contributed by atoms with Gasteiger partial charge in [0.25, 0.3) is 0 Å². The number of hydrogen-bond acceptors (Lipinski definition) is 3. The van der Waals surface area contributed by atoms with Gasteiger partial charge in [-0.25, -0.2) is 8.42 Å². The minimum absolute atomic E-state index is 0.0497. The van der Waals surface area contributed by atoms with Crippen LogP contribution in [-0.4, -0.2) is 18.7 Å². The minimum Gasteiger partial charge on any atom is -0.399 e. The summed E-state index contributed by atoms with van der Waals surface area (Å²) in [5.74, 6) is 0.0497. The number of nitrogen functional groups attached to an aromatic ring is 1. The van der Waals surface area contributed by atoms with Crippen molar-refractivity contribution in [3.63, 3.8) is 0 Å².